The number of rotatable bonds is 8. The summed E-state index contributed by atoms with van der Waals surface area (Å²) < 4.78 is 1.64. The lowest BCUT2D eigenvalue weighted by molar-refractivity contribution is 0.0377. The molecule has 0 spiro atoms. The number of anilines is 1. The Bertz CT molecular complexity index is 977. The SMILES string of the molecule is C=C/C=C(\C=C)c1cnn(C)c1C(=O)NC1CC(CNc2ccccn2)[C@@H]2CC[C@@H]2C1. The zero-order valence-electron chi connectivity index (χ0n) is 18.1. The maximum Gasteiger partial charge on any atom is 0.270 e. The fourth-order valence-corrected chi connectivity index (χ4v) is 5.13. The zero-order valence-corrected chi connectivity index (χ0v) is 18.1. The topological polar surface area (TPSA) is 71.8 Å². The Balaban J connectivity index is 1.45. The van der Waals surface area contributed by atoms with Gasteiger partial charge in [0.15, 0.2) is 0 Å². The number of pyridine rings is 1. The van der Waals surface area contributed by atoms with E-state index in [1.165, 1.54) is 12.8 Å². The minimum atomic E-state index is -0.0778. The average molecular weight is 418 g/mol. The number of allylic oxidation sites excluding steroid dienone is 4. The maximum atomic E-state index is 13.2. The molecule has 162 valence electrons. The van der Waals surface area contributed by atoms with Crippen LogP contribution in [0.5, 0.6) is 0 Å². The zero-order chi connectivity index (χ0) is 21.8. The molecule has 2 fully saturated rings. The number of carbonyl (C=O) groups excluding carboxylic acids is 1. The first-order valence-electron chi connectivity index (χ1n) is 11.0. The number of fused-ring (bicyclic) bond motifs is 1. The summed E-state index contributed by atoms with van der Waals surface area (Å²) in [7, 11) is 1.80. The van der Waals surface area contributed by atoms with Crippen molar-refractivity contribution in [3.63, 3.8) is 0 Å². The van der Waals surface area contributed by atoms with Crippen LogP contribution in [0.15, 0.2) is 62.0 Å². The average Bonchev–Trinajstić information content (AvgIpc) is 3.14. The molecule has 2 aromatic rings. The van der Waals surface area contributed by atoms with Crippen molar-refractivity contribution in [1.29, 1.82) is 0 Å². The third-order valence-electron chi connectivity index (χ3n) is 6.78. The normalized spacial score (nSPS) is 25.1. The van der Waals surface area contributed by atoms with Gasteiger partial charge in [-0.1, -0.05) is 37.5 Å². The monoisotopic (exact) mass is 417 g/mol. The summed E-state index contributed by atoms with van der Waals surface area (Å²) in [6.45, 7) is 8.51. The Morgan fingerprint density at radius 1 is 1.29 bits per heavy atom. The largest absolute Gasteiger partial charge is 0.370 e. The molecule has 0 aromatic carbocycles. The van der Waals surface area contributed by atoms with E-state index in [9.17, 15) is 4.79 Å². The summed E-state index contributed by atoms with van der Waals surface area (Å²) in [6, 6.07) is 6.09. The van der Waals surface area contributed by atoms with Crippen LogP contribution in [0, 0.1) is 17.8 Å². The molecule has 2 heterocycles. The molecule has 0 bridgehead atoms. The molecule has 2 N–H and O–H groups in total. The number of hydrogen-bond acceptors (Lipinski definition) is 4. The van der Waals surface area contributed by atoms with Crippen molar-refractivity contribution < 1.29 is 4.79 Å². The van der Waals surface area contributed by atoms with Crippen molar-refractivity contribution in [2.75, 3.05) is 11.9 Å². The van der Waals surface area contributed by atoms with E-state index >= 15 is 0 Å². The molecule has 6 heteroatoms. The van der Waals surface area contributed by atoms with Gasteiger partial charge in [-0.05, 0) is 61.1 Å². The van der Waals surface area contributed by atoms with Crippen LogP contribution in [0.4, 0.5) is 5.82 Å². The Kier molecular flexibility index (Phi) is 6.35. The number of aryl methyl sites for hydroxylation is 1. The number of hydrogen-bond donors (Lipinski definition) is 2. The van der Waals surface area contributed by atoms with Gasteiger partial charge in [-0.3, -0.25) is 9.48 Å². The Hall–Kier alpha value is -3.15. The van der Waals surface area contributed by atoms with Crippen molar-refractivity contribution in [1.82, 2.24) is 20.1 Å². The molecule has 0 radical (unpaired) electrons. The first-order valence-corrected chi connectivity index (χ1v) is 11.0. The molecule has 4 atom stereocenters. The van der Waals surface area contributed by atoms with Crippen LogP contribution in [-0.4, -0.2) is 33.3 Å². The van der Waals surface area contributed by atoms with E-state index in [1.807, 2.05) is 30.5 Å². The summed E-state index contributed by atoms with van der Waals surface area (Å²) in [5.74, 6) is 2.82. The number of nitrogens with zero attached hydrogens (tertiary/aromatic N) is 3. The van der Waals surface area contributed by atoms with E-state index in [0.29, 0.717) is 17.5 Å². The molecule has 0 saturated heterocycles. The van der Waals surface area contributed by atoms with Crippen LogP contribution < -0.4 is 10.6 Å². The third kappa shape index (κ3) is 4.48. The Morgan fingerprint density at radius 3 is 2.84 bits per heavy atom. The summed E-state index contributed by atoms with van der Waals surface area (Å²) >= 11 is 0. The number of nitrogens with one attached hydrogen (secondary N) is 2. The minimum Gasteiger partial charge on any atom is -0.370 e. The molecule has 4 rings (SSSR count). The van der Waals surface area contributed by atoms with E-state index in [-0.39, 0.29) is 11.9 Å². The van der Waals surface area contributed by atoms with Crippen molar-refractivity contribution in [3.8, 4) is 0 Å². The van der Waals surface area contributed by atoms with Crippen LogP contribution in [0.3, 0.4) is 0 Å². The highest BCUT2D eigenvalue weighted by atomic mass is 16.2. The Morgan fingerprint density at radius 2 is 2.16 bits per heavy atom. The van der Waals surface area contributed by atoms with Gasteiger partial charge in [-0.15, -0.1) is 0 Å². The van der Waals surface area contributed by atoms with Crippen LogP contribution in [0.2, 0.25) is 0 Å². The molecule has 2 aromatic heterocycles. The van der Waals surface area contributed by atoms with E-state index in [4.69, 9.17) is 0 Å². The van der Waals surface area contributed by atoms with Crippen LogP contribution in [-0.2, 0) is 7.05 Å². The molecular weight excluding hydrogens is 386 g/mol. The lowest BCUT2D eigenvalue weighted by atomic mass is 9.59. The molecule has 31 heavy (non-hydrogen) atoms. The van der Waals surface area contributed by atoms with Gasteiger partial charge in [0.1, 0.15) is 11.5 Å². The second-order valence-corrected chi connectivity index (χ2v) is 8.59. The summed E-state index contributed by atoms with van der Waals surface area (Å²) in [4.78, 5) is 17.6. The predicted octanol–water partition coefficient (Wildman–Crippen LogP) is 4.22. The molecule has 2 aliphatic carbocycles. The predicted molar refractivity (Wildman–Crippen MR) is 124 cm³/mol. The van der Waals surface area contributed by atoms with Gasteiger partial charge in [0.25, 0.3) is 5.91 Å². The standard InChI is InChI=1S/C25H31N5O/c1-4-8-17(5-2)22-16-28-30(3)24(22)25(31)29-20-13-18-10-11-21(18)19(14-20)15-27-23-9-6-7-12-26-23/h4-9,12,16,18-21H,1-2,10-11,13-15H2,3H3,(H,26,27)(H,29,31)/b17-8+/t18-,19?,20?,21-/m1/s1. The molecule has 6 nitrogen and oxygen atoms in total. The van der Waals surface area contributed by atoms with Crippen molar-refractivity contribution in [2.24, 2.45) is 24.8 Å². The van der Waals surface area contributed by atoms with Gasteiger partial charge in [0.05, 0.1) is 6.20 Å². The number of carbonyl (C=O) groups is 1. The molecule has 2 unspecified atom stereocenters. The van der Waals surface area contributed by atoms with E-state index in [2.05, 4.69) is 33.9 Å². The number of aromatic nitrogens is 3. The second-order valence-electron chi connectivity index (χ2n) is 8.59. The van der Waals surface area contributed by atoms with Crippen molar-refractivity contribution >= 4 is 17.3 Å². The molecular formula is C25H31N5O. The highest BCUT2D eigenvalue weighted by molar-refractivity contribution is 5.98. The van der Waals surface area contributed by atoms with Gasteiger partial charge in [-0.2, -0.15) is 5.10 Å². The highest BCUT2D eigenvalue weighted by Crippen LogP contribution is 2.48. The van der Waals surface area contributed by atoms with Gasteiger partial charge >= 0.3 is 0 Å². The molecule has 2 aliphatic rings. The van der Waals surface area contributed by atoms with Gasteiger partial charge < -0.3 is 10.6 Å². The number of amides is 1. The van der Waals surface area contributed by atoms with E-state index < -0.39 is 0 Å². The second kappa shape index (κ2) is 9.33. The molecule has 0 aliphatic heterocycles. The molecule has 1 amide bonds. The lowest BCUT2D eigenvalue weighted by Crippen LogP contribution is -2.50. The fraction of sp³-hybridized carbons (Fsp3) is 0.400. The Labute approximate surface area is 184 Å². The third-order valence-corrected chi connectivity index (χ3v) is 6.78. The minimum absolute atomic E-state index is 0.0778. The summed E-state index contributed by atoms with van der Waals surface area (Å²) in [6.07, 6.45) is 13.4. The molecule has 2 saturated carbocycles. The highest BCUT2D eigenvalue weighted by Gasteiger charge is 2.43. The smallest absolute Gasteiger partial charge is 0.270 e. The van der Waals surface area contributed by atoms with Crippen molar-refractivity contribution in [3.05, 3.63) is 73.2 Å². The van der Waals surface area contributed by atoms with Gasteiger partial charge in [-0.25, -0.2) is 4.98 Å². The van der Waals surface area contributed by atoms with Crippen LogP contribution in [0.1, 0.15) is 41.7 Å². The summed E-state index contributed by atoms with van der Waals surface area (Å²) in [5, 5.41) is 11.1. The maximum absolute atomic E-state index is 13.2. The quantitative estimate of drug-likeness (QED) is 0.631. The fourth-order valence-electron chi connectivity index (χ4n) is 5.13. The van der Waals surface area contributed by atoms with E-state index in [1.54, 1.807) is 30.1 Å². The van der Waals surface area contributed by atoms with Crippen LogP contribution in [0.25, 0.3) is 5.57 Å². The summed E-state index contributed by atoms with van der Waals surface area (Å²) in [5.41, 5.74) is 2.18. The first-order chi connectivity index (χ1) is 15.1. The first kappa shape index (κ1) is 21.1. The van der Waals surface area contributed by atoms with Crippen molar-refractivity contribution in [2.45, 2.75) is 31.7 Å². The lowest BCUT2D eigenvalue weighted by Gasteiger charge is -2.49. The van der Waals surface area contributed by atoms with Crippen LogP contribution >= 0.6 is 0 Å². The van der Waals surface area contributed by atoms with Gasteiger partial charge in [0, 0.05) is 31.4 Å². The van der Waals surface area contributed by atoms with E-state index in [0.717, 1.165) is 42.3 Å². The van der Waals surface area contributed by atoms with Gasteiger partial charge in [0.2, 0.25) is 0 Å².